The van der Waals surface area contributed by atoms with E-state index in [1.165, 1.54) is 5.56 Å². The molecule has 0 fully saturated rings. The highest BCUT2D eigenvalue weighted by Gasteiger charge is 2.11. The topological polar surface area (TPSA) is 29.1 Å². The minimum Gasteiger partial charge on any atom is -0.326 e. The number of halogens is 1. The molecule has 0 bridgehead atoms. The highest BCUT2D eigenvalue weighted by molar-refractivity contribution is 6.19. The minimum atomic E-state index is -0.0220. The van der Waals surface area contributed by atoms with Crippen LogP contribution >= 0.6 is 11.6 Å². The van der Waals surface area contributed by atoms with E-state index >= 15 is 0 Å². The number of rotatable bonds is 4. The van der Waals surface area contributed by atoms with Crippen LogP contribution in [0.1, 0.15) is 37.3 Å². The standard InChI is InChI=1S/C13H18ClNO/c1-9(2)11-6-4-5-10(3)13(11)15-12(16)7-8-14/h4-6,9H,7-8H2,1-3H3,(H,15,16). The maximum absolute atomic E-state index is 11.5. The van der Waals surface area contributed by atoms with Crippen LogP contribution in [0.2, 0.25) is 0 Å². The molecule has 0 spiro atoms. The van der Waals surface area contributed by atoms with E-state index in [1.807, 2.05) is 25.1 Å². The molecule has 0 aromatic heterocycles. The van der Waals surface area contributed by atoms with Crippen LogP contribution < -0.4 is 5.32 Å². The van der Waals surface area contributed by atoms with Crippen molar-refractivity contribution in [3.05, 3.63) is 29.3 Å². The Labute approximate surface area is 102 Å². The summed E-state index contributed by atoms with van der Waals surface area (Å²) in [5, 5.41) is 2.94. The van der Waals surface area contributed by atoms with Gasteiger partial charge in [0.1, 0.15) is 0 Å². The molecule has 16 heavy (non-hydrogen) atoms. The smallest absolute Gasteiger partial charge is 0.225 e. The van der Waals surface area contributed by atoms with Crippen LogP contribution in [0, 0.1) is 6.92 Å². The number of carbonyl (C=O) groups excluding carboxylic acids is 1. The van der Waals surface area contributed by atoms with Crippen molar-refractivity contribution in [2.75, 3.05) is 11.2 Å². The largest absolute Gasteiger partial charge is 0.326 e. The number of para-hydroxylation sites is 1. The van der Waals surface area contributed by atoms with Crippen LogP contribution in [0.5, 0.6) is 0 Å². The van der Waals surface area contributed by atoms with Gasteiger partial charge in [-0.25, -0.2) is 0 Å². The Morgan fingerprint density at radius 1 is 1.44 bits per heavy atom. The molecule has 0 radical (unpaired) electrons. The second-order valence-electron chi connectivity index (χ2n) is 4.18. The fourth-order valence-corrected chi connectivity index (χ4v) is 1.80. The Hall–Kier alpha value is -1.02. The number of amides is 1. The van der Waals surface area contributed by atoms with E-state index in [-0.39, 0.29) is 5.91 Å². The van der Waals surface area contributed by atoms with Gasteiger partial charge in [-0.2, -0.15) is 0 Å². The van der Waals surface area contributed by atoms with Gasteiger partial charge in [0.2, 0.25) is 5.91 Å². The maximum Gasteiger partial charge on any atom is 0.225 e. The molecule has 1 aromatic carbocycles. The molecule has 0 aliphatic rings. The molecule has 0 saturated carbocycles. The summed E-state index contributed by atoms with van der Waals surface area (Å²) < 4.78 is 0. The van der Waals surface area contributed by atoms with Gasteiger partial charge in [0.15, 0.2) is 0 Å². The Morgan fingerprint density at radius 2 is 2.12 bits per heavy atom. The highest BCUT2D eigenvalue weighted by atomic mass is 35.5. The maximum atomic E-state index is 11.5. The van der Waals surface area contributed by atoms with Gasteiger partial charge in [-0.3, -0.25) is 4.79 Å². The quantitative estimate of drug-likeness (QED) is 0.798. The highest BCUT2D eigenvalue weighted by Crippen LogP contribution is 2.27. The monoisotopic (exact) mass is 239 g/mol. The number of hydrogen-bond acceptors (Lipinski definition) is 1. The van der Waals surface area contributed by atoms with Gasteiger partial charge < -0.3 is 5.32 Å². The van der Waals surface area contributed by atoms with Crippen LogP contribution in [-0.4, -0.2) is 11.8 Å². The number of benzene rings is 1. The van der Waals surface area contributed by atoms with Crippen LogP contribution in [0.15, 0.2) is 18.2 Å². The lowest BCUT2D eigenvalue weighted by molar-refractivity contribution is -0.115. The van der Waals surface area contributed by atoms with Gasteiger partial charge in [0, 0.05) is 18.0 Å². The van der Waals surface area contributed by atoms with Crippen molar-refractivity contribution in [1.82, 2.24) is 0 Å². The van der Waals surface area contributed by atoms with Crippen molar-refractivity contribution in [2.45, 2.75) is 33.1 Å². The number of anilines is 1. The summed E-state index contributed by atoms with van der Waals surface area (Å²) in [5.74, 6) is 0.728. The van der Waals surface area contributed by atoms with Crippen molar-refractivity contribution >= 4 is 23.2 Å². The summed E-state index contributed by atoms with van der Waals surface area (Å²) in [4.78, 5) is 11.5. The molecular formula is C13H18ClNO. The van der Waals surface area contributed by atoms with Gasteiger partial charge in [0.05, 0.1) is 0 Å². The fraction of sp³-hybridized carbons (Fsp3) is 0.462. The number of alkyl halides is 1. The summed E-state index contributed by atoms with van der Waals surface area (Å²) >= 11 is 5.54. The van der Waals surface area contributed by atoms with E-state index in [9.17, 15) is 4.79 Å². The molecule has 0 heterocycles. The first-order valence-electron chi connectivity index (χ1n) is 5.51. The molecule has 0 aliphatic heterocycles. The van der Waals surface area contributed by atoms with Gasteiger partial charge >= 0.3 is 0 Å². The van der Waals surface area contributed by atoms with E-state index in [1.54, 1.807) is 0 Å². The SMILES string of the molecule is Cc1cccc(C(C)C)c1NC(=O)CCCl. The summed E-state index contributed by atoms with van der Waals surface area (Å²) in [6.45, 7) is 6.24. The molecule has 0 saturated heterocycles. The molecule has 2 nitrogen and oxygen atoms in total. The Morgan fingerprint density at radius 3 is 2.69 bits per heavy atom. The zero-order valence-electron chi connectivity index (χ0n) is 10.0. The number of aryl methyl sites for hydroxylation is 1. The third kappa shape index (κ3) is 3.24. The Kier molecular flexibility index (Phi) is 4.81. The molecule has 1 rings (SSSR count). The van der Waals surface area contributed by atoms with E-state index in [0.717, 1.165) is 11.3 Å². The molecule has 0 unspecified atom stereocenters. The minimum absolute atomic E-state index is 0.0220. The molecule has 1 N–H and O–H groups in total. The first-order valence-corrected chi connectivity index (χ1v) is 6.05. The van der Waals surface area contributed by atoms with Crippen LogP contribution in [0.3, 0.4) is 0 Å². The van der Waals surface area contributed by atoms with Gasteiger partial charge in [-0.1, -0.05) is 32.0 Å². The molecule has 0 aliphatic carbocycles. The predicted octanol–water partition coefficient (Wildman–Crippen LogP) is 3.69. The Bertz CT molecular complexity index is 374. The lowest BCUT2D eigenvalue weighted by Crippen LogP contribution is -2.14. The second-order valence-corrected chi connectivity index (χ2v) is 4.56. The number of hydrogen-bond donors (Lipinski definition) is 1. The van der Waals surface area contributed by atoms with Crippen molar-refractivity contribution in [3.8, 4) is 0 Å². The third-order valence-electron chi connectivity index (χ3n) is 2.51. The predicted molar refractivity (Wildman–Crippen MR) is 69.2 cm³/mol. The van der Waals surface area contributed by atoms with E-state index in [0.29, 0.717) is 18.2 Å². The molecule has 0 atom stereocenters. The second kappa shape index (κ2) is 5.90. The average Bonchev–Trinajstić information content (AvgIpc) is 2.21. The van der Waals surface area contributed by atoms with Crippen LogP contribution in [0.4, 0.5) is 5.69 Å². The first kappa shape index (κ1) is 13.0. The lowest BCUT2D eigenvalue weighted by atomic mass is 9.98. The first-order chi connectivity index (χ1) is 7.56. The number of carbonyl (C=O) groups is 1. The Balaban J connectivity index is 2.97. The van der Waals surface area contributed by atoms with Crippen LogP contribution in [0.25, 0.3) is 0 Å². The number of nitrogens with one attached hydrogen (secondary N) is 1. The zero-order chi connectivity index (χ0) is 12.1. The molecule has 1 amide bonds. The molecule has 1 aromatic rings. The third-order valence-corrected chi connectivity index (χ3v) is 2.70. The summed E-state index contributed by atoms with van der Waals surface area (Å²) in [7, 11) is 0. The zero-order valence-corrected chi connectivity index (χ0v) is 10.8. The van der Waals surface area contributed by atoms with Gasteiger partial charge in [-0.05, 0) is 24.0 Å². The van der Waals surface area contributed by atoms with E-state index in [2.05, 4.69) is 19.2 Å². The molecule has 88 valence electrons. The average molecular weight is 240 g/mol. The normalized spacial score (nSPS) is 10.6. The fourth-order valence-electron chi connectivity index (χ4n) is 1.63. The summed E-state index contributed by atoms with van der Waals surface area (Å²) in [6, 6.07) is 6.07. The summed E-state index contributed by atoms with van der Waals surface area (Å²) in [6.07, 6.45) is 0.355. The lowest BCUT2D eigenvalue weighted by Gasteiger charge is -2.16. The van der Waals surface area contributed by atoms with Crippen molar-refractivity contribution < 1.29 is 4.79 Å². The van der Waals surface area contributed by atoms with Crippen molar-refractivity contribution in [1.29, 1.82) is 0 Å². The van der Waals surface area contributed by atoms with Crippen LogP contribution in [-0.2, 0) is 4.79 Å². The van der Waals surface area contributed by atoms with Crippen molar-refractivity contribution in [3.63, 3.8) is 0 Å². The summed E-state index contributed by atoms with van der Waals surface area (Å²) in [5.41, 5.74) is 3.20. The van der Waals surface area contributed by atoms with Crippen molar-refractivity contribution in [2.24, 2.45) is 0 Å². The molecule has 3 heteroatoms. The van der Waals surface area contributed by atoms with E-state index < -0.39 is 0 Å². The van der Waals surface area contributed by atoms with E-state index in [4.69, 9.17) is 11.6 Å². The molecular weight excluding hydrogens is 222 g/mol. The van der Waals surface area contributed by atoms with Gasteiger partial charge in [-0.15, -0.1) is 11.6 Å². The van der Waals surface area contributed by atoms with Gasteiger partial charge in [0.25, 0.3) is 0 Å².